The molecular formula is C20H31NO. The monoisotopic (exact) mass is 301 g/mol. The highest BCUT2D eigenvalue weighted by Crippen LogP contribution is 1.97. The number of carbonyl (C=O) groups excluding carboxylic acids is 1. The van der Waals surface area contributed by atoms with Gasteiger partial charge in [-0.05, 0) is 37.3 Å². The third kappa shape index (κ3) is 16.3. The molecular weight excluding hydrogens is 270 g/mol. The van der Waals surface area contributed by atoms with Crippen molar-refractivity contribution in [3.05, 3.63) is 36.5 Å². The third-order valence-electron chi connectivity index (χ3n) is 2.89. The van der Waals surface area contributed by atoms with Gasteiger partial charge in [0.2, 0.25) is 5.91 Å². The fourth-order valence-corrected chi connectivity index (χ4v) is 1.62. The van der Waals surface area contributed by atoms with Gasteiger partial charge in [0.25, 0.3) is 0 Å². The predicted octanol–water partition coefficient (Wildman–Crippen LogP) is 4.79. The number of unbranched alkanes of at least 4 members (excludes halogenated alkanes) is 4. The van der Waals surface area contributed by atoms with E-state index < -0.39 is 0 Å². The van der Waals surface area contributed by atoms with Crippen molar-refractivity contribution in [1.82, 2.24) is 5.32 Å². The fraction of sp³-hybridized carbons (Fsp3) is 0.550. The van der Waals surface area contributed by atoms with Crippen LogP contribution in [0.2, 0.25) is 0 Å². The van der Waals surface area contributed by atoms with E-state index in [1.165, 1.54) is 19.3 Å². The second-order valence-electron chi connectivity index (χ2n) is 5.68. The average Bonchev–Trinajstić information content (AvgIpc) is 2.49. The maximum Gasteiger partial charge on any atom is 0.243 e. The minimum atomic E-state index is -0.00378. The molecule has 0 aliphatic carbocycles. The SMILES string of the molecule is CCCCCC#C/C=C/C=C/CC/C=C/C(=O)NCC(C)C. The Kier molecular flexibility index (Phi) is 14.4. The number of carbonyl (C=O) groups is 1. The lowest BCUT2D eigenvalue weighted by Crippen LogP contribution is -2.25. The Morgan fingerprint density at radius 3 is 2.64 bits per heavy atom. The van der Waals surface area contributed by atoms with E-state index in [1.807, 2.05) is 24.3 Å². The van der Waals surface area contributed by atoms with Crippen LogP contribution < -0.4 is 5.32 Å². The van der Waals surface area contributed by atoms with Gasteiger partial charge in [-0.2, -0.15) is 0 Å². The van der Waals surface area contributed by atoms with Crippen LogP contribution >= 0.6 is 0 Å². The Bertz CT molecular complexity index is 419. The minimum Gasteiger partial charge on any atom is -0.352 e. The summed E-state index contributed by atoms with van der Waals surface area (Å²) >= 11 is 0. The van der Waals surface area contributed by atoms with Crippen LogP contribution in [-0.2, 0) is 4.79 Å². The van der Waals surface area contributed by atoms with E-state index in [2.05, 4.69) is 44.0 Å². The summed E-state index contributed by atoms with van der Waals surface area (Å²) in [5.74, 6) is 6.66. The molecule has 0 spiro atoms. The van der Waals surface area contributed by atoms with Gasteiger partial charge in [-0.1, -0.05) is 69.8 Å². The molecule has 0 aliphatic heterocycles. The number of amides is 1. The summed E-state index contributed by atoms with van der Waals surface area (Å²) in [6, 6.07) is 0. The van der Waals surface area contributed by atoms with Crippen LogP contribution in [0.5, 0.6) is 0 Å². The lowest BCUT2D eigenvalue weighted by Gasteiger charge is -2.03. The molecule has 2 heteroatoms. The molecule has 0 fully saturated rings. The highest BCUT2D eigenvalue weighted by Gasteiger charge is 1.96. The zero-order valence-corrected chi connectivity index (χ0v) is 14.4. The van der Waals surface area contributed by atoms with Crippen LogP contribution in [-0.4, -0.2) is 12.5 Å². The Morgan fingerprint density at radius 2 is 1.91 bits per heavy atom. The molecule has 0 aromatic heterocycles. The Morgan fingerprint density at radius 1 is 1.14 bits per heavy atom. The molecule has 0 saturated carbocycles. The molecule has 0 unspecified atom stereocenters. The van der Waals surface area contributed by atoms with Crippen molar-refractivity contribution in [3.63, 3.8) is 0 Å². The molecule has 0 aliphatic rings. The van der Waals surface area contributed by atoms with E-state index in [0.717, 1.165) is 25.8 Å². The van der Waals surface area contributed by atoms with Crippen LogP contribution in [0.3, 0.4) is 0 Å². The van der Waals surface area contributed by atoms with E-state index >= 15 is 0 Å². The molecule has 0 aromatic carbocycles. The maximum atomic E-state index is 11.4. The number of allylic oxidation sites excluding steroid dienone is 5. The van der Waals surface area contributed by atoms with Crippen LogP contribution in [0.15, 0.2) is 36.5 Å². The molecule has 1 amide bonds. The first-order valence-corrected chi connectivity index (χ1v) is 8.41. The van der Waals surface area contributed by atoms with Crippen molar-refractivity contribution in [2.75, 3.05) is 6.54 Å². The van der Waals surface area contributed by atoms with Gasteiger partial charge in [0.1, 0.15) is 0 Å². The van der Waals surface area contributed by atoms with Crippen molar-refractivity contribution in [2.24, 2.45) is 5.92 Å². The van der Waals surface area contributed by atoms with Gasteiger partial charge >= 0.3 is 0 Å². The molecule has 122 valence electrons. The molecule has 2 nitrogen and oxygen atoms in total. The fourth-order valence-electron chi connectivity index (χ4n) is 1.62. The molecule has 0 rings (SSSR count). The minimum absolute atomic E-state index is 0.00378. The topological polar surface area (TPSA) is 29.1 Å². The van der Waals surface area contributed by atoms with Gasteiger partial charge in [0, 0.05) is 13.0 Å². The number of hydrogen-bond donors (Lipinski definition) is 1. The van der Waals surface area contributed by atoms with Crippen LogP contribution in [0.4, 0.5) is 0 Å². The summed E-state index contributed by atoms with van der Waals surface area (Å²) in [6.07, 6.45) is 18.0. The van der Waals surface area contributed by atoms with E-state index in [-0.39, 0.29) is 5.91 Å². The Hall–Kier alpha value is -1.75. The average molecular weight is 301 g/mol. The van der Waals surface area contributed by atoms with Crippen molar-refractivity contribution >= 4 is 5.91 Å². The summed E-state index contributed by atoms with van der Waals surface area (Å²) in [5.41, 5.74) is 0. The van der Waals surface area contributed by atoms with Gasteiger partial charge in [0.05, 0.1) is 0 Å². The lowest BCUT2D eigenvalue weighted by atomic mass is 10.2. The van der Waals surface area contributed by atoms with Crippen LogP contribution in [0.25, 0.3) is 0 Å². The normalized spacial score (nSPS) is 11.5. The second kappa shape index (κ2) is 15.6. The summed E-state index contributed by atoms with van der Waals surface area (Å²) in [6.45, 7) is 7.09. The largest absolute Gasteiger partial charge is 0.352 e. The first kappa shape index (κ1) is 20.2. The number of rotatable bonds is 10. The third-order valence-corrected chi connectivity index (χ3v) is 2.89. The zero-order valence-electron chi connectivity index (χ0n) is 14.4. The van der Waals surface area contributed by atoms with E-state index in [1.54, 1.807) is 6.08 Å². The van der Waals surface area contributed by atoms with Crippen molar-refractivity contribution in [3.8, 4) is 11.8 Å². The molecule has 0 atom stereocenters. The van der Waals surface area contributed by atoms with Crippen LogP contribution in [0.1, 0.15) is 59.3 Å². The van der Waals surface area contributed by atoms with Crippen molar-refractivity contribution in [2.45, 2.75) is 59.3 Å². The van der Waals surface area contributed by atoms with Gasteiger partial charge < -0.3 is 5.32 Å². The van der Waals surface area contributed by atoms with Gasteiger partial charge in [-0.25, -0.2) is 0 Å². The quantitative estimate of drug-likeness (QED) is 0.267. The van der Waals surface area contributed by atoms with Gasteiger partial charge in [-0.3, -0.25) is 4.79 Å². The molecule has 0 saturated heterocycles. The summed E-state index contributed by atoms with van der Waals surface area (Å²) in [7, 11) is 0. The highest BCUT2D eigenvalue weighted by atomic mass is 16.1. The smallest absolute Gasteiger partial charge is 0.243 e. The molecule has 1 N–H and O–H groups in total. The van der Waals surface area contributed by atoms with E-state index in [0.29, 0.717) is 5.92 Å². The second-order valence-corrected chi connectivity index (χ2v) is 5.68. The maximum absolute atomic E-state index is 11.4. The first-order valence-electron chi connectivity index (χ1n) is 8.41. The highest BCUT2D eigenvalue weighted by molar-refractivity contribution is 5.87. The predicted molar refractivity (Wildman–Crippen MR) is 96.4 cm³/mol. The van der Waals surface area contributed by atoms with Gasteiger partial charge in [-0.15, -0.1) is 0 Å². The summed E-state index contributed by atoms with van der Waals surface area (Å²) < 4.78 is 0. The standard InChI is InChI=1S/C20H31NO/c1-4-5-6-7-8-9-10-11-12-13-14-15-16-17-20(22)21-18-19(2)3/h10-13,16-17,19H,4-7,14-15,18H2,1-3H3,(H,21,22)/b11-10+,13-12+,17-16+. The number of hydrogen-bond acceptors (Lipinski definition) is 1. The van der Waals surface area contributed by atoms with Gasteiger partial charge in [0.15, 0.2) is 0 Å². The summed E-state index contributed by atoms with van der Waals surface area (Å²) in [4.78, 5) is 11.4. The first-order chi connectivity index (χ1) is 10.7. The van der Waals surface area contributed by atoms with E-state index in [4.69, 9.17) is 0 Å². The van der Waals surface area contributed by atoms with Crippen LogP contribution in [0, 0.1) is 17.8 Å². The lowest BCUT2D eigenvalue weighted by molar-refractivity contribution is -0.116. The summed E-state index contributed by atoms with van der Waals surface area (Å²) in [5, 5.41) is 2.86. The van der Waals surface area contributed by atoms with Crippen molar-refractivity contribution in [1.29, 1.82) is 0 Å². The Labute approximate surface area is 136 Å². The molecule has 0 aromatic rings. The number of nitrogens with one attached hydrogen (secondary N) is 1. The molecule has 0 heterocycles. The molecule has 0 radical (unpaired) electrons. The van der Waals surface area contributed by atoms with Crippen molar-refractivity contribution < 1.29 is 4.79 Å². The zero-order chi connectivity index (χ0) is 16.5. The molecule has 22 heavy (non-hydrogen) atoms. The molecule has 0 bridgehead atoms. The Balaban J connectivity index is 3.63. The van der Waals surface area contributed by atoms with E-state index in [9.17, 15) is 4.79 Å².